The Hall–Kier alpha value is -0.410. The Kier molecular flexibility index (Phi) is 5.99. The molecule has 0 fully saturated rings. The van der Waals surface area contributed by atoms with E-state index in [1.54, 1.807) is 7.11 Å². The van der Waals surface area contributed by atoms with Gasteiger partial charge in [0.05, 0.1) is 18.2 Å². The van der Waals surface area contributed by atoms with Crippen LogP contribution in [0.3, 0.4) is 0 Å². The van der Waals surface area contributed by atoms with Gasteiger partial charge >= 0.3 is 0 Å². The van der Waals surface area contributed by atoms with E-state index in [4.69, 9.17) is 21.1 Å². The van der Waals surface area contributed by atoms with Gasteiger partial charge < -0.3 is 9.47 Å². The van der Waals surface area contributed by atoms with Crippen molar-refractivity contribution in [1.29, 1.82) is 0 Å². The first kappa shape index (κ1) is 13.7. The van der Waals surface area contributed by atoms with Crippen molar-refractivity contribution in [3.8, 4) is 11.5 Å². The zero-order chi connectivity index (χ0) is 12.0. The summed E-state index contributed by atoms with van der Waals surface area (Å²) < 4.78 is 11.9. The molecular weight excluding hydrogens is 291 g/mol. The highest BCUT2D eigenvalue weighted by molar-refractivity contribution is 9.10. The van der Waals surface area contributed by atoms with Crippen LogP contribution in [-0.4, -0.2) is 13.7 Å². The van der Waals surface area contributed by atoms with E-state index in [9.17, 15) is 0 Å². The zero-order valence-corrected chi connectivity index (χ0v) is 11.9. The molecule has 1 aromatic carbocycles. The number of methoxy groups -OCH3 is 1. The van der Waals surface area contributed by atoms with Crippen molar-refractivity contribution in [1.82, 2.24) is 0 Å². The summed E-state index contributed by atoms with van der Waals surface area (Å²) in [7, 11) is 1.63. The van der Waals surface area contributed by atoms with E-state index in [-0.39, 0.29) is 0 Å². The first-order valence-electron chi connectivity index (χ1n) is 5.28. The van der Waals surface area contributed by atoms with Gasteiger partial charge in [0.15, 0.2) is 11.5 Å². The number of unbranched alkanes of at least 4 members (excludes halogenated alkanes) is 1. The number of hydrogen-bond acceptors (Lipinski definition) is 2. The molecule has 0 saturated carbocycles. The molecule has 90 valence electrons. The quantitative estimate of drug-likeness (QED) is 0.574. The van der Waals surface area contributed by atoms with Crippen molar-refractivity contribution >= 4 is 27.5 Å². The summed E-state index contributed by atoms with van der Waals surface area (Å²) in [5.74, 6) is 1.94. The van der Waals surface area contributed by atoms with Gasteiger partial charge in [-0.25, -0.2) is 0 Å². The molecule has 2 nitrogen and oxygen atoms in total. The molecule has 0 aliphatic carbocycles. The minimum Gasteiger partial charge on any atom is -0.493 e. The van der Waals surface area contributed by atoms with Gasteiger partial charge in [-0.2, -0.15) is 0 Å². The lowest BCUT2D eigenvalue weighted by Gasteiger charge is -2.13. The molecule has 0 unspecified atom stereocenters. The van der Waals surface area contributed by atoms with Gasteiger partial charge in [0.25, 0.3) is 0 Å². The Bertz CT molecular complexity index is 342. The van der Waals surface area contributed by atoms with Gasteiger partial charge in [-0.15, -0.1) is 11.6 Å². The van der Waals surface area contributed by atoms with Gasteiger partial charge in [0.1, 0.15) is 0 Å². The molecule has 0 saturated heterocycles. The molecule has 0 bridgehead atoms. The summed E-state index contributed by atoms with van der Waals surface area (Å²) in [6.45, 7) is 2.83. The standard InChI is InChI=1S/C12H16BrClO2/c1-3-4-5-16-12-10(13)6-9(8-14)7-11(12)15-2/h6-7H,3-5,8H2,1-2H3. The van der Waals surface area contributed by atoms with Gasteiger partial charge in [0.2, 0.25) is 0 Å². The number of hydrogen-bond donors (Lipinski definition) is 0. The van der Waals surface area contributed by atoms with Crippen molar-refractivity contribution in [3.63, 3.8) is 0 Å². The SMILES string of the molecule is CCCCOc1c(Br)cc(CCl)cc1OC. The van der Waals surface area contributed by atoms with E-state index >= 15 is 0 Å². The highest BCUT2D eigenvalue weighted by atomic mass is 79.9. The lowest BCUT2D eigenvalue weighted by atomic mass is 10.2. The molecule has 0 heterocycles. The molecule has 1 aromatic rings. The largest absolute Gasteiger partial charge is 0.493 e. The molecule has 0 amide bonds. The Labute approximate surface area is 110 Å². The molecular formula is C12H16BrClO2. The second kappa shape index (κ2) is 7.02. The third-order valence-corrected chi connectivity index (χ3v) is 3.09. The summed E-state index contributed by atoms with van der Waals surface area (Å²) in [5, 5.41) is 0. The lowest BCUT2D eigenvalue weighted by Crippen LogP contribution is -2.00. The lowest BCUT2D eigenvalue weighted by molar-refractivity contribution is 0.286. The summed E-state index contributed by atoms with van der Waals surface area (Å²) in [6, 6.07) is 3.86. The van der Waals surface area contributed by atoms with Crippen LogP contribution in [-0.2, 0) is 5.88 Å². The molecule has 0 radical (unpaired) electrons. The van der Waals surface area contributed by atoms with E-state index in [1.807, 2.05) is 12.1 Å². The van der Waals surface area contributed by atoms with Gasteiger partial charge in [-0.1, -0.05) is 13.3 Å². The molecule has 16 heavy (non-hydrogen) atoms. The highest BCUT2D eigenvalue weighted by Crippen LogP contribution is 2.37. The fourth-order valence-corrected chi connectivity index (χ4v) is 2.07. The Balaban J connectivity index is 2.88. The van der Waals surface area contributed by atoms with Gasteiger partial charge in [-0.3, -0.25) is 0 Å². The highest BCUT2D eigenvalue weighted by Gasteiger charge is 2.10. The van der Waals surface area contributed by atoms with E-state index in [1.165, 1.54) is 0 Å². The minimum atomic E-state index is 0.463. The summed E-state index contributed by atoms with van der Waals surface area (Å²) in [5.41, 5.74) is 1.01. The van der Waals surface area contributed by atoms with Crippen molar-refractivity contribution in [3.05, 3.63) is 22.2 Å². The van der Waals surface area contributed by atoms with Crippen molar-refractivity contribution in [2.45, 2.75) is 25.6 Å². The van der Waals surface area contributed by atoms with Crippen molar-refractivity contribution in [2.75, 3.05) is 13.7 Å². The van der Waals surface area contributed by atoms with Gasteiger partial charge in [0, 0.05) is 5.88 Å². The van der Waals surface area contributed by atoms with Crippen LogP contribution in [0.1, 0.15) is 25.3 Å². The average Bonchev–Trinajstić information content (AvgIpc) is 2.30. The maximum absolute atomic E-state index is 5.79. The maximum Gasteiger partial charge on any atom is 0.175 e. The van der Waals surface area contributed by atoms with Crippen LogP contribution in [0.25, 0.3) is 0 Å². The number of rotatable bonds is 6. The molecule has 0 aliphatic rings. The Morgan fingerprint density at radius 2 is 2.12 bits per heavy atom. The average molecular weight is 308 g/mol. The Morgan fingerprint density at radius 3 is 2.69 bits per heavy atom. The van der Waals surface area contributed by atoms with Crippen molar-refractivity contribution in [2.24, 2.45) is 0 Å². The van der Waals surface area contributed by atoms with Crippen LogP contribution in [0, 0.1) is 0 Å². The Morgan fingerprint density at radius 1 is 1.38 bits per heavy atom. The number of ether oxygens (including phenoxy) is 2. The third kappa shape index (κ3) is 3.56. The number of halogens is 2. The van der Waals surface area contributed by atoms with Crippen LogP contribution < -0.4 is 9.47 Å². The minimum absolute atomic E-state index is 0.463. The molecule has 0 atom stereocenters. The second-order valence-corrected chi connectivity index (χ2v) is 4.57. The van der Waals surface area contributed by atoms with E-state index < -0.39 is 0 Å². The maximum atomic E-state index is 5.79. The fraction of sp³-hybridized carbons (Fsp3) is 0.500. The molecule has 4 heteroatoms. The predicted octanol–water partition coefficient (Wildman–Crippen LogP) is 4.38. The molecule has 0 aliphatic heterocycles. The van der Waals surface area contributed by atoms with E-state index in [0.717, 1.165) is 34.4 Å². The topological polar surface area (TPSA) is 18.5 Å². The van der Waals surface area contributed by atoms with Crippen LogP contribution in [0.2, 0.25) is 0 Å². The zero-order valence-electron chi connectivity index (χ0n) is 9.56. The predicted molar refractivity (Wildman–Crippen MR) is 70.7 cm³/mol. The van der Waals surface area contributed by atoms with Crippen LogP contribution >= 0.6 is 27.5 Å². The summed E-state index contributed by atoms with van der Waals surface area (Å²) in [6.07, 6.45) is 2.15. The first-order chi connectivity index (χ1) is 7.72. The third-order valence-electron chi connectivity index (χ3n) is 2.19. The second-order valence-electron chi connectivity index (χ2n) is 3.44. The van der Waals surface area contributed by atoms with E-state index in [2.05, 4.69) is 22.9 Å². The summed E-state index contributed by atoms with van der Waals surface area (Å²) >= 11 is 9.26. The van der Waals surface area contributed by atoms with Crippen molar-refractivity contribution < 1.29 is 9.47 Å². The van der Waals surface area contributed by atoms with Crippen LogP contribution in [0.15, 0.2) is 16.6 Å². The first-order valence-corrected chi connectivity index (χ1v) is 6.60. The smallest absolute Gasteiger partial charge is 0.175 e. The molecule has 0 spiro atoms. The normalized spacial score (nSPS) is 10.2. The van der Waals surface area contributed by atoms with Crippen LogP contribution in [0.5, 0.6) is 11.5 Å². The summed E-state index contributed by atoms with van der Waals surface area (Å²) in [4.78, 5) is 0. The monoisotopic (exact) mass is 306 g/mol. The molecule has 0 N–H and O–H groups in total. The molecule has 0 aromatic heterocycles. The number of alkyl halides is 1. The van der Waals surface area contributed by atoms with Crippen LogP contribution in [0.4, 0.5) is 0 Å². The fourth-order valence-electron chi connectivity index (χ4n) is 1.31. The van der Waals surface area contributed by atoms with Gasteiger partial charge in [-0.05, 0) is 40.0 Å². The molecule has 1 rings (SSSR count). The van der Waals surface area contributed by atoms with E-state index in [0.29, 0.717) is 12.5 Å². The number of benzene rings is 1.